The Bertz CT molecular complexity index is 1110. The SMILES string of the molecule is C=C(c1ccc2c(ccn2-c2c(OC)cc(OC)cc2OC)c1)S(N)(=O)=O. The molecular weight excluding hydrogens is 368 g/mol. The van der Waals surface area contributed by atoms with Crippen LogP contribution in [0.3, 0.4) is 0 Å². The highest BCUT2D eigenvalue weighted by atomic mass is 32.2. The average Bonchev–Trinajstić information content (AvgIpc) is 3.08. The summed E-state index contributed by atoms with van der Waals surface area (Å²) in [6.45, 7) is 3.57. The second-order valence-corrected chi connectivity index (χ2v) is 7.39. The minimum Gasteiger partial charge on any atom is -0.496 e. The van der Waals surface area contributed by atoms with Gasteiger partial charge in [0.15, 0.2) is 0 Å². The Hall–Kier alpha value is -2.97. The zero-order valence-corrected chi connectivity index (χ0v) is 16.0. The smallest absolute Gasteiger partial charge is 0.238 e. The Labute approximate surface area is 157 Å². The molecule has 1 heterocycles. The number of rotatable bonds is 6. The predicted octanol–water partition coefficient (Wildman–Crippen LogP) is 2.92. The van der Waals surface area contributed by atoms with E-state index in [1.807, 2.05) is 16.8 Å². The van der Waals surface area contributed by atoms with Crippen LogP contribution in [0.15, 0.2) is 49.2 Å². The van der Waals surface area contributed by atoms with E-state index in [0.29, 0.717) is 28.5 Å². The van der Waals surface area contributed by atoms with E-state index in [4.69, 9.17) is 19.3 Å². The molecule has 3 aromatic rings. The van der Waals surface area contributed by atoms with Gasteiger partial charge in [0.2, 0.25) is 10.0 Å². The number of methoxy groups -OCH3 is 3. The summed E-state index contributed by atoms with van der Waals surface area (Å²) >= 11 is 0. The third-order valence-corrected chi connectivity index (χ3v) is 5.21. The molecule has 0 radical (unpaired) electrons. The lowest BCUT2D eigenvalue weighted by atomic mass is 10.1. The first-order valence-electron chi connectivity index (χ1n) is 7.93. The molecule has 0 aliphatic carbocycles. The van der Waals surface area contributed by atoms with Gasteiger partial charge < -0.3 is 18.8 Å². The van der Waals surface area contributed by atoms with Gasteiger partial charge in [0.1, 0.15) is 22.9 Å². The minimum atomic E-state index is -3.85. The quantitative estimate of drug-likeness (QED) is 0.701. The first-order valence-corrected chi connectivity index (χ1v) is 9.48. The summed E-state index contributed by atoms with van der Waals surface area (Å²) in [5, 5.41) is 5.99. The molecule has 0 saturated heterocycles. The van der Waals surface area contributed by atoms with E-state index in [1.54, 1.807) is 51.7 Å². The number of primary sulfonamides is 1. The molecule has 2 N–H and O–H groups in total. The molecule has 7 nitrogen and oxygen atoms in total. The summed E-state index contributed by atoms with van der Waals surface area (Å²) in [5.74, 6) is 1.75. The highest BCUT2D eigenvalue weighted by Gasteiger charge is 2.18. The van der Waals surface area contributed by atoms with Gasteiger partial charge in [-0.3, -0.25) is 0 Å². The van der Waals surface area contributed by atoms with Crippen molar-refractivity contribution >= 4 is 25.8 Å². The van der Waals surface area contributed by atoms with Crippen LogP contribution in [0.2, 0.25) is 0 Å². The largest absolute Gasteiger partial charge is 0.496 e. The van der Waals surface area contributed by atoms with Crippen LogP contribution >= 0.6 is 0 Å². The number of nitrogens with zero attached hydrogens (tertiary/aromatic N) is 1. The molecule has 0 unspecified atom stereocenters. The summed E-state index contributed by atoms with van der Waals surface area (Å²) in [7, 11) is 0.848. The van der Waals surface area contributed by atoms with Gasteiger partial charge in [-0.1, -0.05) is 12.6 Å². The fraction of sp³-hybridized carbons (Fsp3) is 0.158. The molecule has 0 bridgehead atoms. The third kappa shape index (κ3) is 3.36. The van der Waals surface area contributed by atoms with Gasteiger partial charge in [-0.2, -0.15) is 0 Å². The van der Waals surface area contributed by atoms with Crippen molar-refractivity contribution in [1.29, 1.82) is 0 Å². The van der Waals surface area contributed by atoms with Gasteiger partial charge >= 0.3 is 0 Å². The maximum atomic E-state index is 11.5. The van der Waals surface area contributed by atoms with Crippen molar-refractivity contribution in [1.82, 2.24) is 4.57 Å². The molecule has 0 fully saturated rings. The van der Waals surface area contributed by atoms with E-state index in [2.05, 4.69) is 6.58 Å². The highest BCUT2D eigenvalue weighted by molar-refractivity contribution is 7.98. The predicted molar refractivity (Wildman–Crippen MR) is 105 cm³/mol. The van der Waals surface area contributed by atoms with Gasteiger partial charge in [0.25, 0.3) is 0 Å². The molecule has 3 rings (SSSR count). The zero-order chi connectivity index (χ0) is 19.8. The maximum absolute atomic E-state index is 11.5. The summed E-state index contributed by atoms with van der Waals surface area (Å²) in [4.78, 5) is -0.128. The van der Waals surface area contributed by atoms with Crippen LogP contribution in [-0.2, 0) is 10.0 Å². The fourth-order valence-electron chi connectivity index (χ4n) is 2.90. The molecular formula is C19H20N2O5S. The molecule has 0 saturated carbocycles. The molecule has 27 heavy (non-hydrogen) atoms. The molecule has 1 aromatic heterocycles. The summed E-state index contributed by atoms with van der Waals surface area (Å²) in [6, 6.07) is 10.6. The number of benzene rings is 2. The fourth-order valence-corrected chi connectivity index (χ4v) is 3.36. The number of sulfonamides is 1. The number of nitrogens with two attached hydrogens (primary N) is 1. The van der Waals surface area contributed by atoms with Crippen LogP contribution in [0.25, 0.3) is 21.5 Å². The molecule has 142 valence electrons. The van der Waals surface area contributed by atoms with Gasteiger partial charge in [-0.25, -0.2) is 13.6 Å². The third-order valence-electron chi connectivity index (χ3n) is 4.29. The van der Waals surface area contributed by atoms with Gasteiger partial charge in [-0.05, 0) is 23.8 Å². The standard InChI is InChI=1S/C19H20N2O5S/c1-12(27(20,22)23)13-5-6-16-14(9-13)7-8-21(16)19-17(25-3)10-15(24-2)11-18(19)26-4/h5-11H,1H2,2-4H3,(H2,20,22,23). The average molecular weight is 388 g/mol. The number of fused-ring (bicyclic) bond motifs is 1. The highest BCUT2D eigenvalue weighted by Crippen LogP contribution is 2.39. The minimum absolute atomic E-state index is 0.128. The molecule has 8 heteroatoms. The lowest BCUT2D eigenvalue weighted by molar-refractivity contribution is 0.373. The number of aromatic nitrogens is 1. The van der Waals surface area contributed by atoms with Crippen LogP contribution in [0.1, 0.15) is 5.56 Å². The van der Waals surface area contributed by atoms with Crippen LogP contribution < -0.4 is 19.3 Å². The number of ether oxygens (including phenoxy) is 3. The van der Waals surface area contributed by atoms with Gasteiger partial charge in [-0.15, -0.1) is 0 Å². The molecule has 2 aromatic carbocycles. The van der Waals surface area contributed by atoms with E-state index in [9.17, 15) is 8.42 Å². The Morgan fingerprint density at radius 1 is 1.00 bits per heavy atom. The van der Waals surface area contributed by atoms with Crippen LogP contribution in [0.5, 0.6) is 17.2 Å². The molecule has 0 spiro atoms. The lowest BCUT2D eigenvalue weighted by Gasteiger charge is -2.17. The topological polar surface area (TPSA) is 92.8 Å². The summed E-state index contributed by atoms with van der Waals surface area (Å²) < 4.78 is 41.3. The Morgan fingerprint density at radius 3 is 2.15 bits per heavy atom. The van der Waals surface area contributed by atoms with Crippen LogP contribution in [0.4, 0.5) is 0 Å². The van der Waals surface area contributed by atoms with Crippen LogP contribution in [-0.4, -0.2) is 34.3 Å². The lowest BCUT2D eigenvalue weighted by Crippen LogP contribution is -2.12. The van der Waals surface area contributed by atoms with Crippen molar-refractivity contribution < 1.29 is 22.6 Å². The molecule has 0 atom stereocenters. The monoisotopic (exact) mass is 388 g/mol. The second kappa shape index (κ2) is 6.98. The summed E-state index contributed by atoms with van der Waals surface area (Å²) in [5.41, 5.74) is 1.98. The van der Waals surface area contributed by atoms with Crippen molar-refractivity contribution in [2.75, 3.05) is 21.3 Å². The van der Waals surface area contributed by atoms with Crippen molar-refractivity contribution in [3.63, 3.8) is 0 Å². The number of hydrogen-bond donors (Lipinski definition) is 1. The first-order chi connectivity index (χ1) is 12.8. The maximum Gasteiger partial charge on any atom is 0.238 e. The van der Waals surface area contributed by atoms with E-state index in [-0.39, 0.29) is 4.91 Å². The van der Waals surface area contributed by atoms with Crippen molar-refractivity contribution in [3.05, 3.63) is 54.7 Å². The van der Waals surface area contributed by atoms with Gasteiger partial charge in [0, 0.05) is 23.7 Å². The van der Waals surface area contributed by atoms with Crippen molar-refractivity contribution in [2.45, 2.75) is 0 Å². The first kappa shape index (κ1) is 18.8. The van der Waals surface area contributed by atoms with E-state index in [0.717, 1.165) is 10.9 Å². The van der Waals surface area contributed by atoms with E-state index in [1.165, 1.54) is 0 Å². The van der Waals surface area contributed by atoms with Gasteiger partial charge in [0.05, 0.1) is 31.8 Å². The van der Waals surface area contributed by atoms with Crippen molar-refractivity contribution in [3.8, 4) is 22.9 Å². The Morgan fingerprint density at radius 2 is 1.63 bits per heavy atom. The van der Waals surface area contributed by atoms with E-state index < -0.39 is 10.0 Å². The zero-order valence-electron chi connectivity index (χ0n) is 15.2. The summed E-state index contributed by atoms with van der Waals surface area (Å²) in [6.07, 6.45) is 1.85. The van der Waals surface area contributed by atoms with Crippen LogP contribution in [0, 0.1) is 0 Å². The van der Waals surface area contributed by atoms with E-state index >= 15 is 0 Å². The Balaban J connectivity index is 2.21. The van der Waals surface area contributed by atoms with Crippen molar-refractivity contribution in [2.24, 2.45) is 5.14 Å². The Kier molecular flexibility index (Phi) is 4.86. The normalized spacial score (nSPS) is 11.4. The second-order valence-electron chi connectivity index (χ2n) is 5.81. The molecule has 0 aliphatic heterocycles. The number of hydrogen-bond acceptors (Lipinski definition) is 5. The molecule has 0 amide bonds. The molecule has 0 aliphatic rings.